The highest BCUT2D eigenvalue weighted by Gasteiger charge is 2.50. The van der Waals surface area contributed by atoms with E-state index < -0.39 is 0 Å². The van der Waals surface area contributed by atoms with Crippen LogP contribution in [0.25, 0.3) is 0 Å². The molecule has 130 valence electrons. The molecule has 6 rings (SSSR count). The van der Waals surface area contributed by atoms with Crippen molar-refractivity contribution in [2.45, 2.75) is 12.0 Å². The van der Waals surface area contributed by atoms with Gasteiger partial charge in [-0.1, -0.05) is 18.2 Å². The van der Waals surface area contributed by atoms with E-state index in [1.165, 1.54) is 11.3 Å². The number of aromatic amines is 1. The summed E-state index contributed by atoms with van der Waals surface area (Å²) in [6.45, 7) is 2.40. The third kappa shape index (κ3) is 1.77. The van der Waals surface area contributed by atoms with Crippen LogP contribution in [0, 0.1) is 0 Å². The number of H-pyrrole nitrogens is 1. The molecule has 0 saturated heterocycles. The summed E-state index contributed by atoms with van der Waals surface area (Å²) in [5, 5.41) is 10.8. The fourth-order valence-electron chi connectivity index (χ4n) is 4.34. The van der Waals surface area contributed by atoms with Gasteiger partial charge >= 0.3 is 0 Å². The molecular formula is C19H16N4O3. The maximum atomic E-state index is 6.11. The van der Waals surface area contributed by atoms with Crippen molar-refractivity contribution in [3.63, 3.8) is 0 Å². The van der Waals surface area contributed by atoms with E-state index in [0.29, 0.717) is 13.2 Å². The maximum Gasteiger partial charge on any atom is 0.231 e. The molecule has 0 radical (unpaired) electrons. The van der Waals surface area contributed by atoms with Crippen molar-refractivity contribution in [1.82, 2.24) is 15.4 Å². The molecule has 1 N–H and O–H groups in total. The van der Waals surface area contributed by atoms with Crippen LogP contribution < -0.4 is 19.1 Å². The number of nitrogens with one attached hydrogen (secondary N) is 1. The van der Waals surface area contributed by atoms with Crippen LogP contribution in [0.3, 0.4) is 0 Å². The SMILES string of the molecule is c1ccc2c(c1)N(Cc1cn[nH]n1)CC21COc2cc3c(cc21)OCO3. The van der Waals surface area contributed by atoms with E-state index in [1.54, 1.807) is 6.20 Å². The van der Waals surface area contributed by atoms with Crippen LogP contribution in [0.4, 0.5) is 5.69 Å². The monoisotopic (exact) mass is 348 g/mol. The average molecular weight is 348 g/mol. The number of anilines is 1. The van der Waals surface area contributed by atoms with Crippen LogP contribution in [0.5, 0.6) is 17.2 Å². The van der Waals surface area contributed by atoms with E-state index in [1.807, 2.05) is 6.07 Å². The first-order valence-electron chi connectivity index (χ1n) is 8.59. The van der Waals surface area contributed by atoms with E-state index >= 15 is 0 Å². The van der Waals surface area contributed by atoms with Crippen molar-refractivity contribution in [3.8, 4) is 17.2 Å². The summed E-state index contributed by atoms with van der Waals surface area (Å²) in [6, 6.07) is 12.6. The zero-order chi connectivity index (χ0) is 17.1. The number of hydrogen-bond acceptors (Lipinski definition) is 6. The molecule has 2 aromatic carbocycles. The molecular weight excluding hydrogens is 332 g/mol. The van der Waals surface area contributed by atoms with Gasteiger partial charge in [-0.3, -0.25) is 0 Å². The lowest BCUT2D eigenvalue weighted by Gasteiger charge is -2.24. The fourth-order valence-corrected chi connectivity index (χ4v) is 4.34. The Balaban J connectivity index is 1.48. The highest BCUT2D eigenvalue weighted by molar-refractivity contribution is 5.70. The Labute approximate surface area is 149 Å². The lowest BCUT2D eigenvalue weighted by atomic mass is 9.77. The first kappa shape index (κ1) is 14.0. The van der Waals surface area contributed by atoms with Crippen LogP contribution in [0.1, 0.15) is 16.8 Å². The van der Waals surface area contributed by atoms with Gasteiger partial charge in [-0.15, -0.1) is 0 Å². The second-order valence-corrected chi connectivity index (χ2v) is 6.91. The molecule has 1 atom stereocenters. The molecule has 7 nitrogen and oxygen atoms in total. The largest absolute Gasteiger partial charge is 0.492 e. The molecule has 0 bridgehead atoms. The number of para-hydroxylation sites is 1. The highest BCUT2D eigenvalue weighted by Crippen LogP contribution is 2.54. The first-order chi connectivity index (χ1) is 12.8. The van der Waals surface area contributed by atoms with Crippen molar-refractivity contribution in [3.05, 3.63) is 59.4 Å². The Morgan fingerprint density at radius 3 is 2.81 bits per heavy atom. The molecule has 0 amide bonds. The number of fused-ring (bicyclic) bond motifs is 5. The molecule has 3 aliphatic heterocycles. The van der Waals surface area contributed by atoms with Crippen LogP contribution in [-0.2, 0) is 12.0 Å². The Morgan fingerprint density at radius 2 is 1.92 bits per heavy atom. The molecule has 0 fully saturated rings. The van der Waals surface area contributed by atoms with E-state index in [0.717, 1.165) is 35.1 Å². The van der Waals surface area contributed by atoms with Gasteiger partial charge in [0.15, 0.2) is 11.5 Å². The molecule has 0 aliphatic carbocycles. The standard InChI is InChI=1S/C19H16N4O3/c1-2-4-15-13(3-1)19(9-23(15)8-12-7-20-22-21-12)10-24-16-6-18-17(5-14(16)19)25-11-26-18/h1-7H,8-11H2,(H,20,21,22). The number of hydrogen-bond donors (Lipinski definition) is 1. The van der Waals surface area contributed by atoms with Gasteiger partial charge in [0, 0.05) is 23.9 Å². The van der Waals surface area contributed by atoms with E-state index in [4.69, 9.17) is 14.2 Å². The first-order valence-corrected chi connectivity index (χ1v) is 8.59. The Hall–Kier alpha value is -3.22. The normalized spacial score (nSPS) is 21.8. The van der Waals surface area contributed by atoms with Gasteiger partial charge in [0.2, 0.25) is 6.79 Å². The number of aromatic nitrogens is 3. The highest BCUT2D eigenvalue weighted by atomic mass is 16.7. The zero-order valence-electron chi connectivity index (χ0n) is 13.9. The lowest BCUT2D eigenvalue weighted by Crippen LogP contribution is -2.35. The topological polar surface area (TPSA) is 72.5 Å². The second-order valence-electron chi connectivity index (χ2n) is 6.91. The van der Waals surface area contributed by atoms with Gasteiger partial charge in [0.25, 0.3) is 0 Å². The van der Waals surface area contributed by atoms with Crippen LogP contribution in [-0.4, -0.2) is 35.4 Å². The van der Waals surface area contributed by atoms with Gasteiger partial charge in [-0.25, -0.2) is 0 Å². The molecule has 4 heterocycles. The maximum absolute atomic E-state index is 6.11. The van der Waals surface area contributed by atoms with Crippen LogP contribution in [0.15, 0.2) is 42.6 Å². The quantitative estimate of drug-likeness (QED) is 0.766. The van der Waals surface area contributed by atoms with Crippen LogP contribution >= 0.6 is 0 Å². The van der Waals surface area contributed by atoms with E-state index in [-0.39, 0.29) is 12.2 Å². The summed E-state index contributed by atoms with van der Waals surface area (Å²) in [6.07, 6.45) is 1.77. The Kier molecular flexibility index (Phi) is 2.64. The third-order valence-corrected chi connectivity index (χ3v) is 5.50. The summed E-state index contributed by atoms with van der Waals surface area (Å²) in [4.78, 5) is 2.34. The minimum atomic E-state index is -0.212. The molecule has 1 spiro atoms. The second kappa shape index (κ2) is 4.91. The number of rotatable bonds is 2. The zero-order valence-corrected chi connectivity index (χ0v) is 13.9. The van der Waals surface area contributed by atoms with Gasteiger partial charge in [0.05, 0.1) is 18.2 Å². The molecule has 7 heteroatoms. The summed E-state index contributed by atoms with van der Waals surface area (Å²) in [5.41, 5.74) is 4.36. The van der Waals surface area contributed by atoms with Gasteiger partial charge in [0.1, 0.15) is 18.1 Å². The summed E-state index contributed by atoms with van der Waals surface area (Å²) in [7, 11) is 0. The van der Waals surface area contributed by atoms with Crippen molar-refractivity contribution in [2.75, 3.05) is 24.8 Å². The van der Waals surface area contributed by atoms with Crippen molar-refractivity contribution >= 4 is 5.69 Å². The minimum Gasteiger partial charge on any atom is -0.492 e. The molecule has 3 aliphatic rings. The average Bonchev–Trinajstić information content (AvgIpc) is 3.44. The molecule has 1 aromatic heterocycles. The van der Waals surface area contributed by atoms with Gasteiger partial charge in [-0.2, -0.15) is 15.4 Å². The minimum absolute atomic E-state index is 0.212. The predicted octanol–water partition coefficient (Wildman–Crippen LogP) is 2.23. The summed E-state index contributed by atoms with van der Waals surface area (Å²) < 4.78 is 17.2. The number of nitrogens with zero attached hydrogens (tertiary/aromatic N) is 3. The third-order valence-electron chi connectivity index (χ3n) is 5.50. The van der Waals surface area contributed by atoms with Crippen molar-refractivity contribution in [1.29, 1.82) is 0 Å². The van der Waals surface area contributed by atoms with Gasteiger partial charge < -0.3 is 19.1 Å². The van der Waals surface area contributed by atoms with E-state index in [2.05, 4.69) is 50.6 Å². The van der Waals surface area contributed by atoms with E-state index in [9.17, 15) is 0 Å². The molecule has 0 saturated carbocycles. The molecule has 1 unspecified atom stereocenters. The van der Waals surface area contributed by atoms with Crippen molar-refractivity contribution in [2.24, 2.45) is 0 Å². The van der Waals surface area contributed by atoms with Gasteiger partial charge in [-0.05, 0) is 17.7 Å². The number of benzene rings is 2. The summed E-state index contributed by atoms with van der Waals surface area (Å²) in [5.74, 6) is 2.43. The smallest absolute Gasteiger partial charge is 0.231 e. The fraction of sp³-hybridized carbons (Fsp3) is 0.263. The van der Waals surface area contributed by atoms with Crippen molar-refractivity contribution < 1.29 is 14.2 Å². The molecule has 26 heavy (non-hydrogen) atoms. The lowest BCUT2D eigenvalue weighted by molar-refractivity contribution is 0.173. The summed E-state index contributed by atoms with van der Waals surface area (Å²) >= 11 is 0. The predicted molar refractivity (Wildman–Crippen MR) is 92.7 cm³/mol. The Bertz CT molecular complexity index is 1000. The Morgan fingerprint density at radius 1 is 1.04 bits per heavy atom. The molecule has 3 aromatic rings. The number of ether oxygens (including phenoxy) is 3. The van der Waals surface area contributed by atoms with Crippen LogP contribution in [0.2, 0.25) is 0 Å².